The summed E-state index contributed by atoms with van der Waals surface area (Å²) in [6, 6.07) is 10.6. The average Bonchev–Trinajstić information content (AvgIpc) is 2.43. The second-order valence-electron chi connectivity index (χ2n) is 6.03. The molecular weight excluding hydrogens is 234 g/mol. The van der Waals surface area contributed by atoms with E-state index >= 15 is 0 Å². The predicted molar refractivity (Wildman–Crippen MR) is 82.3 cm³/mol. The summed E-state index contributed by atoms with van der Waals surface area (Å²) in [4.78, 5) is 0. The first-order valence-corrected chi connectivity index (χ1v) is 7.46. The maximum absolute atomic E-state index is 5.71. The average molecular weight is 263 g/mol. The van der Waals surface area contributed by atoms with Gasteiger partial charge in [0, 0.05) is 13.2 Å². The van der Waals surface area contributed by atoms with Crippen LogP contribution < -0.4 is 5.73 Å². The highest BCUT2D eigenvalue weighted by atomic mass is 16.5. The Labute approximate surface area is 118 Å². The van der Waals surface area contributed by atoms with E-state index in [4.69, 9.17) is 10.5 Å². The van der Waals surface area contributed by atoms with Gasteiger partial charge in [0.15, 0.2) is 0 Å². The Balaban J connectivity index is 1.92. The summed E-state index contributed by atoms with van der Waals surface area (Å²) in [5, 5.41) is 0. The highest BCUT2D eigenvalue weighted by Crippen LogP contribution is 2.21. The van der Waals surface area contributed by atoms with E-state index in [2.05, 4.69) is 44.2 Å². The number of hydrogen-bond acceptors (Lipinski definition) is 2. The van der Waals surface area contributed by atoms with Crippen LogP contribution >= 0.6 is 0 Å². The molecule has 0 saturated heterocycles. The van der Waals surface area contributed by atoms with Gasteiger partial charge in [0.25, 0.3) is 0 Å². The predicted octanol–water partition coefficient (Wildman–Crippen LogP) is 3.79. The number of aryl methyl sites for hydroxylation is 1. The van der Waals surface area contributed by atoms with Crippen LogP contribution in [0.4, 0.5) is 0 Å². The SMILES string of the molecule is CC(C)(CN)CCCCOCCCc1ccccc1. The van der Waals surface area contributed by atoms with Crippen LogP contribution in [0.5, 0.6) is 0 Å². The summed E-state index contributed by atoms with van der Waals surface area (Å²) in [6.45, 7) is 6.98. The number of unbranched alkanes of at least 4 members (excludes halogenated alkanes) is 1. The molecule has 0 bridgehead atoms. The molecule has 19 heavy (non-hydrogen) atoms. The first kappa shape index (κ1) is 16.2. The number of rotatable bonds is 10. The van der Waals surface area contributed by atoms with E-state index in [0.717, 1.165) is 39.0 Å². The molecule has 2 heteroatoms. The molecule has 1 aromatic rings. The van der Waals surface area contributed by atoms with E-state index in [9.17, 15) is 0 Å². The molecule has 0 unspecified atom stereocenters. The molecule has 0 saturated carbocycles. The zero-order valence-corrected chi connectivity index (χ0v) is 12.5. The third-order valence-electron chi connectivity index (χ3n) is 3.54. The van der Waals surface area contributed by atoms with E-state index in [1.165, 1.54) is 18.4 Å². The molecule has 0 spiro atoms. The van der Waals surface area contributed by atoms with Crippen molar-refractivity contribution in [3.05, 3.63) is 35.9 Å². The molecule has 1 aromatic carbocycles. The molecule has 0 atom stereocenters. The second-order valence-corrected chi connectivity index (χ2v) is 6.03. The Morgan fingerprint density at radius 3 is 2.37 bits per heavy atom. The lowest BCUT2D eigenvalue weighted by atomic mass is 9.87. The molecule has 0 radical (unpaired) electrons. The van der Waals surface area contributed by atoms with Gasteiger partial charge in [-0.05, 0) is 43.2 Å². The van der Waals surface area contributed by atoms with Gasteiger partial charge in [-0.25, -0.2) is 0 Å². The normalized spacial score (nSPS) is 11.7. The summed E-state index contributed by atoms with van der Waals surface area (Å²) >= 11 is 0. The van der Waals surface area contributed by atoms with Crippen molar-refractivity contribution < 1.29 is 4.74 Å². The van der Waals surface area contributed by atoms with Crippen molar-refractivity contribution in [1.29, 1.82) is 0 Å². The Bertz CT molecular complexity index is 321. The zero-order chi connectivity index (χ0) is 14.0. The molecule has 2 nitrogen and oxygen atoms in total. The molecule has 108 valence electrons. The maximum Gasteiger partial charge on any atom is 0.0469 e. The van der Waals surface area contributed by atoms with Gasteiger partial charge >= 0.3 is 0 Å². The van der Waals surface area contributed by atoms with Crippen LogP contribution in [0.15, 0.2) is 30.3 Å². The van der Waals surface area contributed by atoms with E-state index in [1.54, 1.807) is 0 Å². The molecular formula is C17H29NO. The van der Waals surface area contributed by atoms with Crippen molar-refractivity contribution in [1.82, 2.24) is 0 Å². The highest BCUT2D eigenvalue weighted by molar-refractivity contribution is 5.14. The van der Waals surface area contributed by atoms with Gasteiger partial charge in [-0.1, -0.05) is 50.6 Å². The molecule has 0 aliphatic rings. The van der Waals surface area contributed by atoms with Crippen molar-refractivity contribution in [2.24, 2.45) is 11.1 Å². The standard InChI is InChI=1S/C17H29NO/c1-17(2,15-18)12-6-7-13-19-14-8-11-16-9-4-3-5-10-16/h3-5,9-10H,6-8,11-15,18H2,1-2H3. The van der Waals surface area contributed by atoms with Crippen LogP contribution in [0.25, 0.3) is 0 Å². The van der Waals surface area contributed by atoms with Gasteiger partial charge < -0.3 is 10.5 Å². The van der Waals surface area contributed by atoms with Crippen molar-refractivity contribution in [3.8, 4) is 0 Å². The number of benzene rings is 1. The van der Waals surface area contributed by atoms with Crippen LogP contribution in [-0.2, 0) is 11.2 Å². The van der Waals surface area contributed by atoms with Crippen molar-refractivity contribution in [2.75, 3.05) is 19.8 Å². The van der Waals surface area contributed by atoms with Gasteiger partial charge in [0.05, 0.1) is 0 Å². The maximum atomic E-state index is 5.71. The van der Waals surface area contributed by atoms with Crippen molar-refractivity contribution in [2.45, 2.75) is 46.0 Å². The molecule has 0 heterocycles. The lowest BCUT2D eigenvalue weighted by Crippen LogP contribution is -2.23. The fourth-order valence-corrected chi connectivity index (χ4v) is 2.03. The van der Waals surface area contributed by atoms with E-state index in [1.807, 2.05) is 0 Å². The summed E-state index contributed by atoms with van der Waals surface area (Å²) in [7, 11) is 0. The Hall–Kier alpha value is -0.860. The van der Waals surface area contributed by atoms with Crippen LogP contribution in [0.3, 0.4) is 0 Å². The second kappa shape index (κ2) is 9.11. The minimum absolute atomic E-state index is 0.285. The summed E-state index contributed by atoms with van der Waals surface area (Å²) in [6.07, 6.45) is 5.77. The van der Waals surface area contributed by atoms with Crippen LogP contribution in [0.1, 0.15) is 45.1 Å². The summed E-state index contributed by atoms with van der Waals surface area (Å²) in [5.74, 6) is 0. The molecule has 0 aliphatic heterocycles. The lowest BCUT2D eigenvalue weighted by Gasteiger charge is -2.21. The first-order chi connectivity index (χ1) is 9.14. The van der Waals surface area contributed by atoms with Gasteiger partial charge in [-0.3, -0.25) is 0 Å². The van der Waals surface area contributed by atoms with Crippen molar-refractivity contribution in [3.63, 3.8) is 0 Å². The molecule has 0 fully saturated rings. The highest BCUT2D eigenvalue weighted by Gasteiger charge is 2.14. The minimum Gasteiger partial charge on any atom is -0.381 e. The fourth-order valence-electron chi connectivity index (χ4n) is 2.03. The Morgan fingerprint density at radius 2 is 1.68 bits per heavy atom. The molecule has 1 rings (SSSR count). The molecule has 0 aromatic heterocycles. The molecule has 0 amide bonds. The van der Waals surface area contributed by atoms with Crippen LogP contribution in [0, 0.1) is 5.41 Å². The number of nitrogens with two attached hydrogens (primary N) is 1. The largest absolute Gasteiger partial charge is 0.381 e. The molecule has 0 aliphatic carbocycles. The third kappa shape index (κ3) is 8.02. The number of hydrogen-bond donors (Lipinski definition) is 1. The zero-order valence-electron chi connectivity index (χ0n) is 12.5. The van der Waals surface area contributed by atoms with E-state index < -0.39 is 0 Å². The summed E-state index contributed by atoms with van der Waals surface area (Å²) in [5.41, 5.74) is 7.39. The topological polar surface area (TPSA) is 35.2 Å². The van der Waals surface area contributed by atoms with Gasteiger partial charge in [0.2, 0.25) is 0 Å². The quantitative estimate of drug-likeness (QED) is 0.652. The Kier molecular flexibility index (Phi) is 7.76. The number of ether oxygens (including phenoxy) is 1. The first-order valence-electron chi connectivity index (χ1n) is 7.46. The Morgan fingerprint density at radius 1 is 1.00 bits per heavy atom. The smallest absolute Gasteiger partial charge is 0.0469 e. The van der Waals surface area contributed by atoms with E-state index in [-0.39, 0.29) is 5.41 Å². The van der Waals surface area contributed by atoms with E-state index in [0.29, 0.717) is 0 Å². The minimum atomic E-state index is 0.285. The lowest BCUT2D eigenvalue weighted by molar-refractivity contribution is 0.125. The van der Waals surface area contributed by atoms with Gasteiger partial charge in [0.1, 0.15) is 0 Å². The summed E-state index contributed by atoms with van der Waals surface area (Å²) < 4.78 is 5.67. The van der Waals surface area contributed by atoms with Gasteiger partial charge in [-0.2, -0.15) is 0 Å². The monoisotopic (exact) mass is 263 g/mol. The third-order valence-corrected chi connectivity index (χ3v) is 3.54. The van der Waals surface area contributed by atoms with Crippen LogP contribution in [-0.4, -0.2) is 19.8 Å². The fraction of sp³-hybridized carbons (Fsp3) is 0.647. The van der Waals surface area contributed by atoms with Gasteiger partial charge in [-0.15, -0.1) is 0 Å². The molecule has 2 N–H and O–H groups in total. The van der Waals surface area contributed by atoms with Crippen molar-refractivity contribution >= 4 is 0 Å². The van der Waals surface area contributed by atoms with Crippen LogP contribution in [0.2, 0.25) is 0 Å².